The lowest BCUT2D eigenvalue weighted by molar-refractivity contribution is -0.115. The van der Waals surface area contributed by atoms with Crippen molar-refractivity contribution in [3.05, 3.63) is 88.4 Å². The molecule has 0 fully saturated rings. The van der Waals surface area contributed by atoms with E-state index in [0.717, 1.165) is 10.6 Å². The van der Waals surface area contributed by atoms with Crippen LogP contribution in [0.15, 0.2) is 72.2 Å². The maximum absolute atomic E-state index is 13.0. The van der Waals surface area contributed by atoms with Crippen molar-refractivity contribution in [3.8, 4) is 17.2 Å². The third-order valence-corrected chi connectivity index (χ3v) is 5.83. The van der Waals surface area contributed by atoms with Gasteiger partial charge in [-0.3, -0.25) is 4.79 Å². The fourth-order valence-corrected chi connectivity index (χ4v) is 4.00. The average molecular weight is 478 g/mol. The normalized spacial score (nSPS) is 10.5. The first-order valence-corrected chi connectivity index (χ1v) is 11.3. The zero-order valence-electron chi connectivity index (χ0n) is 18.7. The van der Waals surface area contributed by atoms with E-state index in [2.05, 4.69) is 10.4 Å². The molecule has 0 radical (unpaired) electrons. The van der Waals surface area contributed by atoms with Gasteiger partial charge in [-0.25, -0.2) is 9.48 Å². The highest BCUT2D eigenvalue weighted by Crippen LogP contribution is 2.34. The van der Waals surface area contributed by atoms with E-state index in [9.17, 15) is 9.59 Å². The average Bonchev–Trinajstić information content (AvgIpc) is 3.55. The number of ether oxygens (including phenoxy) is 3. The summed E-state index contributed by atoms with van der Waals surface area (Å²) < 4.78 is 17.9. The number of aromatic nitrogens is 2. The Labute approximate surface area is 200 Å². The van der Waals surface area contributed by atoms with Gasteiger partial charge in [-0.05, 0) is 29.6 Å². The van der Waals surface area contributed by atoms with E-state index < -0.39 is 5.97 Å². The number of thiophene rings is 1. The molecule has 0 unspecified atom stereocenters. The van der Waals surface area contributed by atoms with Gasteiger partial charge in [0.15, 0.2) is 11.5 Å². The molecule has 0 aliphatic rings. The van der Waals surface area contributed by atoms with Crippen LogP contribution in [0.2, 0.25) is 0 Å². The molecule has 4 aromatic rings. The van der Waals surface area contributed by atoms with Crippen molar-refractivity contribution in [1.29, 1.82) is 0 Å². The van der Waals surface area contributed by atoms with Gasteiger partial charge in [-0.15, -0.1) is 11.3 Å². The number of esters is 1. The minimum atomic E-state index is -0.623. The lowest BCUT2D eigenvalue weighted by Gasteiger charge is -2.15. The summed E-state index contributed by atoms with van der Waals surface area (Å²) in [6, 6.07) is 18.2. The second kappa shape index (κ2) is 10.7. The zero-order chi connectivity index (χ0) is 23.9. The number of carbonyl (C=O) groups excluding carboxylic acids is 2. The Morgan fingerprint density at radius 3 is 2.47 bits per heavy atom. The Morgan fingerprint density at radius 2 is 1.76 bits per heavy atom. The molecular formula is C25H23N3O5S. The van der Waals surface area contributed by atoms with Gasteiger partial charge in [-0.1, -0.05) is 24.3 Å². The molecular weight excluding hydrogens is 454 g/mol. The molecule has 1 N–H and O–H groups in total. The van der Waals surface area contributed by atoms with Gasteiger partial charge in [-0.2, -0.15) is 5.10 Å². The molecule has 34 heavy (non-hydrogen) atoms. The second-order valence-corrected chi connectivity index (χ2v) is 8.25. The Bertz CT molecular complexity index is 1270. The lowest BCUT2D eigenvalue weighted by Crippen LogP contribution is -2.17. The fourth-order valence-electron chi connectivity index (χ4n) is 3.30. The van der Waals surface area contributed by atoms with Crippen LogP contribution in [-0.2, 0) is 22.6 Å². The number of anilines is 1. The SMILES string of the molecule is COc1cc(NC(=O)Cc2cccs2)c(C(=O)OCc2ccn(-c3ccccc3)n2)cc1OC. The number of nitrogens with zero attached hydrogens (tertiary/aromatic N) is 2. The maximum Gasteiger partial charge on any atom is 0.340 e. The number of para-hydroxylation sites is 1. The predicted molar refractivity (Wildman–Crippen MR) is 129 cm³/mol. The second-order valence-electron chi connectivity index (χ2n) is 7.22. The molecule has 0 atom stereocenters. The van der Waals surface area contributed by atoms with Gasteiger partial charge in [0.05, 0.1) is 37.6 Å². The maximum atomic E-state index is 13.0. The van der Waals surface area contributed by atoms with E-state index in [1.165, 1.54) is 31.6 Å². The first-order chi connectivity index (χ1) is 16.6. The molecule has 2 aromatic carbocycles. The van der Waals surface area contributed by atoms with Crippen LogP contribution >= 0.6 is 11.3 Å². The summed E-state index contributed by atoms with van der Waals surface area (Å²) in [7, 11) is 2.95. The van der Waals surface area contributed by atoms with Crippen molar-refractivity contribution < 1.29 is 23.8 Å². The topological polar surface area (TPSA) is 91.7 Å². The zero-order valence-corrected chi connectivity index (χ0v) is 19.5. The van der Waals surface area contributed by atoms with Crippen molar-refractivity contribution in [3.63, 3.8) is 0 Å². The van der Waals surface area contributed by atoms with Crippen molar-refractivity contribution in [2.24, 2.45) is 0 Å². The van der Waals surface area contributed by atoms with Crippen molar-refractivity contribution in [1.82, 2.24) is 9.78 Å². The van der Waals surface area contributed by atoms with Crippen molar-refractivity contribution >= 4 is 28.9 Å². The Hall–Kier alpha value is -4.11. The number of carbonyl (C=O) groups is 2. The monoisotopic (exact) mass is 477 g/mol. The standard InChI is InChI=1S/C25H23N3O5S/c1-31-22-14-20(21(15-23(22)32-2)26-24(29)13-19-9-6-12-34-19)25(30)33-16-17-10-11-28(27-17)18-7-4-3-5-8-18/h3-12,14-15H,13,16H2,1-2H3,(H,26,29). The van der Waals surface area contributed by atoms with Crippen LogP contribution in [0.1, 0.15) is 20.9 Å². The first-order valence-electron chi connectivity index (χ1n) is 10.4. The van der Waals surface area contributed by atoms with Crippen LogP contribution in [0, 0.1) is 0 Å². The first kappa shape index (κ1) is 23.1. The lowest BCUT2D eigenvalue weighted by atomic mass is 10.1. The smallest absolute Gasteiger partial charge is 0.340 e. The van der Waals surface area contributed by atoms with Crippen LogP contribution in [0.4, 0.5) is 5.69 Å². The number of hydrogen-bond donors (Lipinski definition) is 1. The number of amides is 1. The third kappa shape index (κ3) is 5.44. The number of nitrogens with one attached hydrogen (secondary N) is 1. The Balaban J connectivity index is 1.51. The molecule has 0 spiro atoms. The summed E-state index contributed by atoms with van der Waals surface area (Å²) in [5, 5.41) is 9.14. The molecule has 0 bridgehead atoms. The van der Waals surface area contributed by atoms with Crippen LogP contribution in [0.25, 0.3) is 5.69 Å². The summed E-state index contributed by atoms with van der Waals surface area (Å²) in [6.07, 6.45) is 1.99. The van der Waals surface area contributed by atoms with Crippen molar-refractivity contribution in [2.75, 3.05) is 19.5 Å². The molecule has 0 aliphatic heterocycles. The minimum Gasteiger partial charge on any atom is -0.493 e. The summed E-state index contributed by atoms with van der Waals surface area (Å²) in [4.78, 5) is 26.5. The van der Waals surface area contributed by atoms with Gasteiger partial charge in [0, 0.05) is 23.2 Å². The Morgan fingerprint density at radius 1 is 1.00 bits per heavy atom. The molecule has 0 saturated heterocycles. The summed E-state index contributed by atoms with van der Waals surface area (Å²) in [6.45, 7) is -0.0321. The molecule has 2 aromatic heterocycles. The van der Waals surface area contributed by atoms with E-state index >= 15 is 0 Å². The van der Waals surface area contributed by atoms with Crippen LogP contribution < -0.4 is 14.8 Å². The van der Waals surface area contributed by atoms with Crippen LogP contribution in [0.5, 0.6) is 11.5 Å². The van der Waals surface area contributed by atoms with E-state index in [0.29, 0.717) is 17.2 Å². The van der Waals surface area contributed by atoms with E-state index in [1.807, 2.05) is 47.8 Å². The van der Waals surface area contributed by atoms with Crippen LogP contribution in [-0.4, -0.2) is 35.9 Å². The summed E-state index contributed by atoms with van der Waals surface area (Å²) >= 11 is 1.49. The van der Waals surface area contributed by atoms with E-state index in [1.54, 1.807) is 23.0 Å². The van der Waals surface area contributed by atoms with E-state index in [4.69, 9.17) is 14.2 Å². The molecule has 0 aliphatic carbocycles. The number of benzene rings is 2. The fraction of sp³-hybridized carbons (Fsp3) is 0.160. The minimum absolute atomic E-state index is 0.0321. The highest BCUT2D eigenvalue weighted by Gasteiger charge is 2.20. The largest absolute Gasteiger partial charge is 0.493 e. The molecule has 174 valence electrons. The van der Waals surface area contributed by atoms with Gasteiger partial charge >= 0.3 is 5.97 Å². The molecule has 1 amide bonds. The molecule has 8 nitrogen and oxygen atoms in total. The number of rotatable bonds is 9. The van der Waals surface area contributed by atoms with Gasteiger partial charge in [0.25, 0.3) is 0 Å². The summed E-state index contributed by atoms with van der Waals surface area (Å²) in [5.74, 6) is -0.155. The molecule has 0 saturated carbocycles. The predicted octanol–water partition coefficient (Wildman–Crippen LogP) is 4.49. The van der Waals surface area contributed by atoms with Crippen molar-refractivity contribution in [2.45, 2.75) is 13.0 Å². The molecule has 2 heterocycles. The van der Waals surface area contributed by atoms with Gasteiger partial charge in [0.2, 0.25) is 5.91 Å². The number of methoxy groups -OCH3 is 2. The van der Waals surface area contributed by atoms with E-state index in [-0.39, 0.29) is 30.2 Å². The quantitative estimate of drug-likeness (QED) is 0.357. The number of hydrogen-bond acceptors (Lipinski definition) is 7. The van der Waals surface area contributed by atoms with Gasteiger partial charge < -0.3 is 19.5 Å². The van der Waals surface area contributed by atoms with Crippen LogP contribution in [0.3, 0.4) is 0 Å². The molecule has 9 heteroatoms. The van der Waals surface area contributed by atoms with Gasteiger partial charge in [0.1, 0.15) is 12.3 Å². The third-order valence-electron chi connectivity index (χ3n) is 4.95. The highest BCUT2D eigenvalue weighted by molar-refractivity contribution is 7.10. The Kier molecular flexibility index (Phi) is 7.24. The molecule has 4 rings (SSSR count). The summed E-state index contributed by atoms with van der Waals surface area (Å²) in [5.41, 5.74) is 1.91. The highest BCUT2D eigenvalue weighted by atomic mass is 32.1.